The number of phenols is 1. The van der Waals surface area contributed by atoms with Crippen molar-refractivity contribution in [1.29, 1.82) is 0 Å². The van der Waals surface area contributed by atoms with Gasteiger partial charge in [-0.25, -0.2) is 0 Å². The average molecular weight is 320 g/mol. The van der Waals surface area contributed by atoms with E-state index in [0.717, 1.165) is 18.4 Å². The van der Waals surface area contributed by atoms with Crippen LogP contribution in [0, 0.1) is 0 Å². The first kappa shape index (κ1) is 19.5. The number of carbonyl (C=O) groups is 1. The maximum atomic E-state index is 11.7. The van der Waals surface area contributed by atoms with Crippen molar-refractivity contribution in [2.75, 3.05) is 6.61 Å². The van der Waals surface area contributed by atoms with E-state index in [4.69, 9.17) is 4.74 Å². The quantitative estimate of drug-likeness (QED) is 0.391. The number of rotatable bonds is 13. The Morgan fingerprint density at radius 1 is 0.870 bits per heavy atom. The Morgan fingerprint density at radius 3 is 1.96 bits per heavy atom. The van der Waals surface area contributed by atoms with Crippen LogP contribution in [0.15, 0.2) is 24.3 Å². The zero-order valence-corrected chi connectivity index (χ0v) is 14.6. The summed E-state index contributed by atoms with van der Waals surface area (Å²) in [5, 5.41) is 9.19. The van der Waals surface area contributed by atoms with Gasteiger partial charge in [-0.15, -0.1) is 0 Å². The van der Waals surface area contributed by atoms with Gasteiger partial charge in [-0.2, -0.15) is 0 Å². The molecule has 1 aromatic carbocycles. The van der Waals surface area contributed by atoms with Gasteiger partial charge in [-0.05, 0) is 24.1 Å². The van der Waals surface area contributed by atoms with Crippen molar-refractivity contribution < 1.29 is 14.6 Å². The normalized spacial score (nSPS) is 10.7. The van der Waals surface area contributed by atoms with Crippen LogP contribution in [0.5, 0.6) is 5.75 Å². The molecule has 0 heterocycles. The summed E-state index contributed by atoms with van der Waals surface area (Å²) in [6, 6.07) is 6.67. The second kappa shape index (κ2) is 13.0. The van der Waals surface area contributed by atoms with Crippen LogP contribution in [0.2, 0.25) is 0 Å². The van der Waals surface area contributed by atoms with Crippen LogP contribution >= 0.6 is 0 Å². The lowest BCUT2D eigenvalue weighted by molar-refractivity contribution is -0.142. The third-order valence-electron chi connectivity index (χ3n) is 4.05. The van der Waals surface area contributed by atoms with Gasteiger partial charge in [0.1, 0.15) is 5.75 Å². The van der Waals surface area contributed by atoms with Gasteiger partial charge in [0.25, 0.3) is 0 Å². The highest BCUT2D eigenvalue weighted by molar-refractivity contribution is 5.72. The molecule has 0 aliphatic heterocycles. The average Bonchev–Trinajstić information content (AvgIpc) is 2.55. The van der Waals surface area contributed by atoms with Crippen molar-refractivity contribution >= 4 is 5.97 Å². The van der Waals surface area contributed by atoms with E-state index in [9.17, 15) is 9.90 Å². The highest BCUT2D eigenvalue weighted by Gasteiger charge is 2.04. The molecule has 0 spiro atoms. The molecule has 1 rings (SSSR count). The molecule has 0 aliphatic rings. The van der Waals surface area contributed by atoms with E-state index in [-0.39, 0.29) is 18.1 Å². The zero-order chi connectivity index (χ0) is 16.8. The number of hydrogen-bond donors (Lipinski definition) is 1. The summed E-state index contributed by atoms with van der Waals surface area (Å²) in [6.07, 6.45) is 13.1. The Kier molecular flexibility index (Phi) is 11.0. The monoisotopic (exact) mass is 320 g/mol. The number of carbonyl (C=O) groups excluding carboxylic acids is 1. The molecular formula is C20H32O3. The maximum Gasteiger partial charge on any atom is 0.310 e. The molecule has 0 amide bonds. The molecule has 0 saturated heterocycles. The summed E-state index contributed by atoms with van der Waals surface area (Å²) in [5.74, 6) is 0.0269. The molecule has 3 nitrogen and oxygen atoms in total. The van der Waals surface area contributed by atoms with Gasteiger partial charge in [0, 0.05) is 0 Å². The zero-order valence-electron chi connectivity index (χ0n) is 14.6. The lowest BCUT2D eigenvalue weighted by Crippen LogP contribution is -2.09. The van der Waals surface area contributed by atoms with E-state index in [1.807, 2.05) is 0 Å². The number of hydrogen-bond acceptors (Lipinski definition) is 3. The minimum Gasteiger partial charge on any atom is -0.508 e. The van der Waals surface area contributed by atoms with E-state index < -0.39 is 0 Å². The smallest absolute Gasteiger partial charge is 0.310 e. The Labute approximate surface area is 141 Å². The number of aromatic hydroxyl groups is 1. The number of benzene rings is 1. The Balaban J connectivity index is 1.90. The molecule has 0 aromatic heterocycles. The predicted molar refractivity (Wildman–Crippen MR) is 94.6 cm³/mol. The van der Waals surface area contributed by atoms with Crippen LogP contribution in [0.3, 0.4) is 0 Å². The number of esters is 1. The van der Waals surface area contributed by atoms with Gasteiger partial charge in [0.15, 0.2) is 0 Å². The van der Waals surface area contributed by atoms with Crippen molar-refractivity contribution in [2.45, 2.75) is 77.6 Å². The van der Waals surface area contributed by atoms with Crippen molar-refractivity contribution in [3.8, 4) is 5.75 Å². The number of ether oxygens (including phenoxy) is 1. The molecule has 0 fully saturated rings. The molecule has 0 atom stereocenters. The van der Waals surface area contributed by atoms with Crippen molar-refractivity contribution in [3.63, 3.8) is 0 Å². The summed E-state index contributed by atoms with van der Waals surface area (Å²) >= 11 is 0. The number of unbranched alkanes of at least 4 members (excludes halogenated alkanes) is 9. The van der Waals surface area contributed by atoms with E-state index >= 15 is 0 Å². The third-order valence-corrected chi connectivity index (χ3v) is 4.05. The first-order valence-corrected chi connectivity index (χ1v) is 9.16. The third kappa shape index (κ3) is 10.8. The van der Waals surface area contributed by atoms with Gasteiger partial charge in [0.05, 0.1) is 13.0 Å². The summed E-state index contributed by atoms with van der Waals surface area (Å²) in [5.41, 5.74) is 0.871. The summed E-state index contributed by atoms with van der Waals surface area (Å²) in [7, 11) is 0. The SMILES string of the molecule is CCCCCCCCCCCCOC(=O)Cc1ccc(O)cc1. The van der Waals surface area contributed by atoms with Crippen LogP contribution in [-0.2, 0) is 16.0 Å². The standard InChI is InChI=1S/C20H32O3/c1-2-3-4-5-6-7-8-9-10-11-16-23-20(22)17-18-12-14-19(21)15-13-18/h12-15,21H,2-11,16-17H2,1H3. The van der Waals surface area contributed by atoms with Crippen molar-refractivity contribution in [1.82, 2.24) is 0 Å². The van der Waals surface area contributed by atoms with Crippen molar-refractivity contribution in [2.24, 2.45) is 0 Å². The van der Waals surface area contributed by atoms with Crippen LogP contribution in [0.4, 0.5) is 0 Å². The molecule has 0 unspecified atom stereocenters. The summed E-state index contributed by atoms with van der Waals surface area (Å²) in [6.45, 7) is 2.77. The van der Waals surface area contributed by atoms with E-state index in [1.165, 1.54) is 51.4 Å². The fraction of sp³-hybridized carbons (Fsp3) is 0.650. The van der Waals surface area contributed by atoms with Crippen molar-refractivity contribution in [3.05, 3.63) is 29.8 Å². The van der Waals surface area contributed by atoms with Gasteiger partial charge < -0.3 is 9.84 Å². The fourth-order valence-corrected chi connectivity index (χ4v) is 2.61. The molecule has 0 radical (unpaired) electrons. The Morgan fingerprint density at radius 2 is 1.39 bits per heavy atom. The van der Waals surface area contributed by atoms with Crippen LogP contribution in [-0.4, -0.2) is 17.7 Å². The molecular weight excluding hydrogens is 288 g/mol. The van der Waals surface area contributed by atoms with E-state index in [2.05, 4.69) is 6.92 Å². The Hall–Kier alpha value is -1.51. The second-order valence-electron chi connectivity index (χ2n) is 6.25. The van der Waals surface area contributed by atoms with Crippen LogP contribution < -0.4 is 0 Å². The maximum absolute atomic E-state index is 11.7. The van der Waals surface area contributed by atoms with Gasteiger partial charge in [-0.3, -0.25) is 4.79 Å². The number of phenolic OH excluding ortho intramolecular Hbond substituents is 1. The highest BCUT2D eigenvalue weighted by atomic mass is 16.5. The Bertz CT molecular complexity index is 411. The first-order valence-electron chi connectivity index (χ1n) is 9.16. The first-order chi connectivity index (χ1) is 11.2. The van der Waals surface area contributed by atoms with Gasteiger partial charge in [-0.1, -0.05) is 76.8 Å². The highest BCUT2D eigenvalue weighted by Crippen LogP contribution is 2.12. The second-order valence-corrected chi connectivity index (χ2v) is 6.25. The summed E-state index contributed by atoms with van der Waals surface area (Å²) in [4.78, 5) is 11.7. The minimum absolute atomic E-state index is 0.188. The largest absolute Gasteiger partial charge is 0.508 e. The lowest BCUT2D eigenvalue weighted by Gasteiger charge is -2.05. The summed E-state index contributed by atoms with van der Waals surface area (Å²) < 4.78 is 5.25. The van der Waals surface area contributed by atoms with Gasteiger partial charge >= 0.3 is 5.97 Å². The van der Waals surface area contributed by atoms with Crippen LogP contribution in [0.25, 0.3) is 0 Å². The predicted octanol–water partition coefficient (Wildman–Crippen LogP) is 5.40. The molecule has 0 bridgehead atoms. The molecule has 130 valence electrons. The minimum atomic E-state index is -0.188. The molecule has 23 heavy (non-hydrogen) atoms. The molecule has 3 heteroatoms. The topological polar surface area (TPSA) is 46.5 Å². The fourth-order valence-electron chi connectivity index (χ4n) is 2.61. The van der Waals surface area contributed by atoms with Crippen LogP contribution in [0.1, 0.15) is 76.7 Å². The van der Waals surface area contributed by atoms with Gasteiger partial charge in [0.2, 0.25) is 0 Å². The van der Waals surface area contributed by atoms with E-state index in [1.54, 1.807) is 24.3 Å². The lowest BCUT2D eigenvalue weighted by atomic mass is 10.1. The molecule has 1 aromatic rings. The molecule has 1 N–H and O–H groups in total. The molecule has 0 saturated carbocycles. The molecule has 0 aliphatic carbocycles. The van der Waals surface area contributed by atoms with E-state index in [0.29, 0.717) is 6.61 Å².